The summed E-state index contributed by atoms with van der Waals surface area (Å²) in [5, 5.41) is 23.1. The van der Waals surface area contributed by atoms with Crippen LogP contribution in [0, 0.1) is 0 Å². The summed E-state index contributed by atoms with van der Waals surface area (Å²) in [6.45, 7) is 4.96. The molecule has 0 aromatic heterocycles. The molecule has 1 amide bonds. The van der Waals surface area contributed by atoms with Gasteiger partial charge in [0, 0.05) is 12.8 Å². The van der Waals surface area contributed by atoms with Crippen molar-refractivity contribution >= 4 is 11.9 Å². The van der Waals surface area contributed by atoms with Gasteiger partial charge < -0.3 is 20.3 Å². The highest BCUT2D eigenvalue weighted by Gasteiger charge is 2.20. The number of carbonyl (C=O) groups excluding carboxylic acids is 2. The Bertz CT molecular complexity index is 990. The van der Waals surface area contributed by atoms with E-state index in [1.165, 1.54) is 295 Å². The van der Waals surface area contributed by atoms with Crippen molar-refractivity contribution in [2.45, 2.75) is 379 Å². The third-order valence-electron chi connectivity index (χ3n) is 15.2. The Morgan fingerprint density at radius 2 is 0.594 bits per heavy atom. The molecule has 0 fully saturated rings. The Morgan fingerprint density at radius 3 is 0.884 bits per heavy atom. The van der Waals surface area contributed by atoms with Gasteiger partial charge in [-0.15, -0.1) is 0 Å². The second-order valence-corrected chi connectivity index (χ2v) is 22.1. The van der Waals surface area contributed by atoms with Gasteiger partial charge in [-0.3, -0.25) is 9.59 Å². The van der Waals surface area contributed by atoms with Crippen LogP contribution in [0.15, 0.2) is 0 Å². The Labute approximate surface area is 432 Å². The van der Waals surface area contributed by atoms with Crippen molar-refractivity contribution in [3.05, 3.63) is 0 Å². The van der Waals surface area contributed by atoms with Crippen molar-refractivity contribution in [3.8, 4) is 0 Å². The van der Waals surface area contributed by atoms with Crippen molar-refractivity contribution in [2.75, 3.05) is 13.2 Å². The second-order valence-electron chi connectivity index (χ2n) is 22.1. The van der Waals surface area contributed by atoms with E-state index >= 15 is 0 Å². The third-order valence-corrected chi connectivity index (χ3v) is 15.2. The molecule has 0 saturated heterocycles. The fraction of sp³-hybridized carbons (Fsp3) is 0.968. The first-order valence-corrected chi connectivity index (χ1v) is 31.8. The predicted molar refractivity (Wildman–Crippen MR) is 301 cm³/mol. The molecule has 0 spiro atoms. The van der Waals surface area contributed by atoms with Gasteiger partial charge in [0.2, 0.25) is 5.91 Å². The molecule has 0 aromatic carbocycles. The first-order chi connectivity index (χ1) is 34.0. The number of rotatable bonds is 60. The Balaban J connectivity index is 3.27. The minimum absolute atomic E-state index is 0.0215. The summed E-state index contributed by atoms with van der Waals surface area (Å²) in [4.78, 5) is 24.4. The minimum Gasteiger partial charge on any atom is -0.466 e. The van der Waals surface area contributed by atoms with Gasteiger partial charge in [-0.05, 0) is 25.7 Å². The lowest BCUT2D eigenvalue weighted by Gasteiger charge is -2.22. The quantitative estimate of drug-likeness (QED) is 0.0417. The highest BCUT2D eigenvalue weighted by atomic mass is 16.5. The standard InChI is InChI=1S/C63H125NO5/c1-3-5-7-9-11-13-36-41-45-49-53-57-63(68)69-58-54-50-46-42-38-35-33-31-29-27-25-23-21-19-17-15-14-16-18-20-22-24-26-28-30-32-34-37-40-44-48-52-56-62(67)64-60(59-65)61(66)55-51-47-43-39-12-10-8-6-4-2/h60-61,65-66H,3-59H2,1-2H3,(H,64,67). The molecular formula is C63H125NO5. The SMILES string of the molecule is CCCCCCCCCCCCCC(=O)OCCCCCCCCCCCCCCCCCCCCCCCCCCCCCCCCCCC(=O)NC(CO)C(O)CCCCCCCCCCC. The van der Waals surface area contributed by atoms with Crippen LogP contribution in [0.4, 0.5) is 0 Å². The first kappa shape index (κ1) is 67.9. The van der Waals surface area contributed by atoms with Gasteiger partial charge in [-0.1, -0.05) is 328 Å². The first-order valence-electron chi connectivity index (χ1n) is 31.8. The summed E-state index contributed by atoms with van der Waals surface area (Å²) in [5.41, 5.74) is 0. The van der Waals surface area contributed by atoms with E-state index in [1.54, 1.807) is 0 Å². The molecule has 69 heavy (non-hydrogen) atoms. The van der Waals surface area contributed by atoms with E-state index in [1.807, 2.05) is 0 Å². The zero-order valence-electron chi connectivity index (χ0n) is 47.1. The molecule has 0 aliphatic carbocycles. The number of nitrogens with one attached hydrogen (secondary N) is 1. The second kappa shape index (κ2) is 59.4. The summed E-state index contributed by atoms with van der Waals surface area (Å²) in [5.74, 6) is -0.00934. The van der Waals surface area contributed by atoms with E-state index in [4.69, 9.17) is 4.74 Å². The molecule has 0 radical (unpaired) electrons. The molecule has 0 bridgehead atoms. The van der Waals surface area contributed by atoms with E-state index in [9.17, 15) is 19.8 Å². The van der Waals surface area contributed by atoms with E-state index in [2.05, 4.69) is 19.2 Å². The average molecular weight is 977 g/mol. The molecule has 0 saturated carbocycles. The number of carbonyl (C=O) groups is 2. The number of aliphatic hydroxyl groups is 2. The molecule has 0 rings (SSSR count). The van der Waals surface area contributed by atoms with Crippen molar-refractivity contribution in [1.82, 2.24) is 5.32 Å². The van der Waals surface area contributed by atoms with Crippen LogP contribution >= 0.6 is 0 Å². The summed E-state index contributed by atoms with van der Waals surface area (Å²) >= 11 is 0. The van der Waals surface area contributed by atoms with Crippen LogP contribution in [0.5, 0.6) is 0 Å². The lowest BCUT2D eigenvalue weighted by Crippen LogP contribution is -2.45. The Morgan fingerprint density at radius 1 is 0.348 bits per heavy atom. The van der Waals surface area contributed by atoms with E-state index in [0.29, 0.717) is 25.9 Å². The van der Waals surface area contributed by atoms with Crippen LogP contribution < -0.4 is 5.32 Å². The van der Waals surface area contributed by atoms with Crippen LogP contribution in [0.1, 0.15) is 367 Å². The molecule has 0 heterocycles. The maximum atomic E-state index is 12.4. The highest BCUT2D eigenvalue weighted by molar-refractivity contribution is 5.76. The van der Waals surface area contributed by atoms with Crippen molar-refractivity contribution in [1.29, 1.82) is 0 Å². The molecule has 6 nitrogen and oxygen atoms in total. The fourth-order valence-corrected chi connectivity index (χ4v) is 10.3. The summed E-state index contributed by atoms with van der Waals surface area (Å²) in [7, 11) is 0. The smallest absolute Gasteiger partial charge is 0.305 e. The number of amides is 1. The average Bonchev–Trinajstić information content (AvgIpc) is 3.35. The van der Waals surface area contributed by atoms with Gasteiger partial charge in [0.25, 0.3) is 0 Å². The maximum absolute atomic E-state index is 12.4. The van der Waals surface area contributed by atoms with Crippen LogP contribution in [-0.2, 0) is 14.3 Å². The Hall–Kier alpha value is -1.14. The normalized spacial score (nSPS) is 12.5. The summed E-state index contributed by atoms with van der Waals surface area (Å²) in [6, 6.07) is -0.534. The zero-order chi connectivity index (χ0) is 50.0. The number of esters is 1. The van der Waals surface area contributed by atoms with Crippen molar-refractivity contribution < 1.29 is 24.5 Å². The number of hydrogen-bond donors (Lipinski definition) is 3. The van der Waals surface area contributed by atoms with Crippen molar-refractivity contribution in [3.63, 3.8) is 0 Å². The minimum atomic E-state index is -0.657. The largest absolute Gasteiger partial charge is 0.466 e. The zero-order valence-corrected chi connectivity index (χ0v) is 47.1. The van der Waals surface area contributed by atoms with Gasteiger partial charge >= 0.3 is 5.97 Å². The number of ether oxygens (including phenoxy) is 1. The van der Waals surface area contributed by atoms with Gasteiger partial charge in [0.05, 0.1) is 25.4 Å². The fourth-order valence-electron chi connectivity index (χ4n) is 10.3. The van der Waals surface area contributed by atoms with E-state index in [-0.39, 0.29) is 18.5 Å². The summed E-state index contributed by atoms with van der Waals surface area (Å²) in [6.07, 6.45) is 70.1. The van der Waals surface area contributed by atoms with E-state index in [0.717, 1.165) is 38.5 Å². The van der Waals surface area contributed by atoms with Crippen LogP contribution in [0.3, 0.4) is 0 Å². The van der Waals surface area contributed by atoms with Crippen LogP contribution in [0.2, 0.25) is 0 Å². The molecule has 412 valence electrons. The molecule has 0 aliphatic rings. The topological polar surface area (TPSA) is 95.9 Å². The third kappa shape index (κ3) is 56.0. The molecule has 2 unspecified atom stereocenters. The lowest BCUT2D eigenvalue weighted by molar-refractivity contribution is -0.143. The van der Waals surface area contributed by atoms with Crippen LogP contribution in [-0.4, -0.2) is 47.4 Å². The monoisotopic (exact) mass is 976 g/mol. The van der Waals surface area contributed by atoms with E-state index < -0.39 is 12.1 Å². The summed E-state index contributed by atoms with van der Waals surface area (Å²) < 4.78 is 5.47. The molecule has 0 aliphatic heterocycles. The number of hydrogen-bond acceptors (Lipinski definition) is 5. The van der Waals surface area contributed by atoms with Gasteiger partial charge in [-0.2, -0.15) is 0 Å². The molecule has 0 aromatic rings. The number of aliphatic hydroxyl groups excluding tert-OH is 2. The maximum Gasteiger partial charge on any atom is 0.305 e. The van der Waals surface area contributed by atoms with Crippen molar-refractivity contribution in [2.24, 2.45) is 0 Å². The molecule has 3 N–H and O–H groups in total. The van der Waals surface area contributed by atoms with Gasteiger partial charge in [0.1, 0.15) is 0 Å². The lowest BCUT2D eigenvalue weighted by atomic mass is 10.0. The molecular weight excluding hydrogens is 851 g/mol. The Kier molecular flexibility index (Phi) is 58.4. The van der Waals surface area contributed by atoms with Gasteiger partial charge in [0.15, 0.2) is 0 Å². The highest BCUT2D eigenvalue weighted by Crippen LogP contribution is 2.19. The van der Waals surface area contributed by atoms with Crippen LogP contribution in [0.25, 0.3) is 0 Å². The molecule has 6 heteroatoms. The number of unbranched alkanes of at least 4 members (excludes halogenated alkanes) is 49. The van der Waals surface area contributed by atoms with Gasteiger partial charge in [-0.25, -0.2) is 0 Å². The predicted octanol–water partition coefficient (Wildman–Crippen LogP) is 19.9. The molecule has 2 atom stereocenters.